The Balaban J connectivity index is 2.49. The van der Waals surface area contributed by atoms with E-state index < -0.39 is 67.3 Å². The van der Waals surface area contributed by atoms with Gasteiger partial charge in [-0.05, 0) is 26.3 Å². The lowest BCUT2D eigenvalue weighted by Crippen LogP contribution is -2.63. The highest BCUT2D eigenvalue weighted by molar-refractivity contribution is 5.68. The molecule has 190 valence electrons. The van der Waals surface area contributed by atoms with Crippen molar-refractivity contribution in [3.63, 3.8) is 0 Å². The van der Waals surface area contributed by atoms with Crippen molar-refractivity contribution in [1.29, 1.82) is 0 Å². The first-order valence-electron chi connectivity index (χ1n) is 10.5. The average Bonchev–Trinajstić information content (AvgIpc) is 2.98. The molecule has 34 heavy (non-hydrogen) atoms. The van der Waals surface area contributed by atoms with Crippen LogP contribution in [0, 0.1) is 0 Å². The summed E-state index contributed by atoms with van der Waals surface area (Å²) in [5.41, 5.74) is 0.701. The van der Waals surface area contributed by atoms with E-state index in [2.05, 4.69) is 0 Å². The van der Waals surface area contributed by atoms with Crippen LogP contribution in [0.1, 0.15) is 48.5 Å². The predicted octanol–water partition coefficient (Wildman–Crippen LogP) is 1.00. The summed E-state index contributed by atoms with van der Waals surface area (Å²) in [7, 11) is 0. The summed E-state index contributed by atoms with van der Waals surface area (Å²) in [4.78, 5) is 46.9. The lowest BCUT2D eigenvalue weighted by molar-refractivity contribution is -0.301. The van der Waals surface area contributed by atoms with Gasteiger partial charge in [-0.1, -0.05) is 0 Å². The van der Waals surface area contributed by atoms with Gasteiger partial charge in [0.05, 0.1) is 0 Å². The summed E-state index contributed by atoms with van der Waals surface area (Å²) in [5.74, 6) is -2.44. The predicted molar refractivity (Wildman–Crippen MR) is 111 cm³/mol. The van der Waals surface area contributed by atoms with Gasteiger partial charge in [0.25, 0.3) is 0 Å². The van der Waals surface area contributed by atoms with E-state index in [-0.39, 0.29) is 17.3 Å². The second-order valence-corrected chi connectivity index (χ2v) is 7.97. The summed E-state index contributed by atoms with van der Waals surface area (Å²) in [6.07, 6.45) is -8.00. The highest BCUT2D eigenvalue weighted by Gasteiger charge is 2.54. The number of ether oxygens (including phenoxy) is 7. The molecule has 0 aromatic rings. The quantitative estimate of drug-likeness (QED) is 0.403. The van der Waals surface area contributed by atoms with E-state index in [0.29, 0.717) is 5.57 Å². The first-order valence-corrected chi connectivity index (χ1v) is 10.5. The molecule has 12 nitrogen and oxygen atoms in total. The summed E-state index contributed by atoms with van der Waals surface area (Å²) in [5, 5.41) is 10.7. The maximum atomic E-state index is 11.9. The van der Waals surface area contributed by atoms with Crippen LogP contribution in [0.15, 0.2) is 22.9 Å². The maximum Gasteiger partial charge on any atom is 0.303 e. The molecule has 2 heterocycles. The van der Waals surface area contributed by atoms with E-state index >= 15 is 0 Å². The standard InChI is InChI=1S/C22H30O12/c1-9(2)17-16(27)18(10(3)29-17)34-22-21(32-14(7)26)20(31-13(6)25)19(30-12(5)24)15(33-22)8-28-11(4)23/h15-16,19-22,27H,8H2,1-7H3/t15-,16?,19-,20+,21-,22+/m1/s1. The molecule has 1 fully saturated rings. The number of hydrogen-bond donors (Lipinski definition) is 1. The first-order chi connectivity index (χ1) is 15.8. The molecule has 1 N–H and O–H groups in total. The molecule has 6 atom stereocenters. The summed E-state index contributed by atoms with van der Waals surface area (Å²) in [6, 6.07) is 0. The fraction of sp³-hybridized carbons (Fsp3) is 0.636. The van der Waals surface area contributed by atoms with E-state index in [1.807, 2.05) is 0 Å². The van der Waals surface area contributed by atoms with Crippen molar-refractivity contribution in [1.82, 2.24) is 0 Å². The van der Waals surface area contributed by atoms with Gasteiger partial charge in [0.2, 0.25) is 12.4 Å². The largest absolute Gasteiger partial charge is 0.463 e. The third-order valence-corrected chi connectivity index (χ3v) is 4.79. The molecular weight excluding hydrogens is 456 g/mol. The Labute approximate surface area is 196 Å². The van der Waals surface area contributed by atoms with Gasteiger partial charge in [0, 0.05) is 27.7 Å². The zero-order valence-corrected chi connectivity index (χ0v) is 20.1. The van der Waals surface area contributed by atoms with Gasteiger partial charge in [-0.3, -0.25) is 19.2 Å². The van der Waals surface area contributed by atoms with E-state index in [1.54, 1.807) is 20.8 Å². The summed E-state index contributed by atoms with van der Waals surface area (Å²) in [6.45, 7) is 9.17. The lowest BCUT2D eigenvalue weighted by Gasteiger charge is -2.44. The highest BCUT2D eigenvalue weighted by atomic mass is 16.7. The molecule has 1 unspecified atom stereocenters. The van der Waals surface area contributed by atoms with Gasteiger partial charge in [-0.15, -0.1) is 0 Å². The maximum absolute atomic E-state index is 11.9. The Hall–Kier alpha value is -3.12. The van der Waals surface area contributed by atoms with Crippen molar-refractivity contribution in [3.05, 3.63) is 22.9 Å². The van der Waals surface area contributed by atoms with Crippen molar-refractivity contribution >= 4 is 23.9 Å². The molecule has 0 spiro atoms. The second-order valence-electron chi connectivity index (χ2n) is 7.97. The van der Waals surface area contributed by atoms with Crippen LogP contribution in [0.2, 0.25) is 0 Å². The second kappa shape index (κ2) is 11.3. The summed E-state index contributed by atoms with van der Waals surface area (Å²) >= 11 is 0. The number of allylic oxidation sites excluding steroid dienone is 2. The van der Waals surface area contributed by atoms with Gasteiger partial charge in [0.1, 0.15) is 24.2 Å². The van der Waals surface area contributed by atoms with Crippen LogP contribution in [0.3, 0.4) is 0 Å². The minimum absolute atomic E-state index is 0.0166. The number of rotatable bonds is 7. The Bertz CT molecular complexity index is 884. The zero-order chi connectivity index (χ0) is 25.7. The highest BCUT2D eigenvalue weighted by Crippen LogP contribution is 2.36. The minimum Gasteiger partial charge on any atom is -0.463 e. The lowest BCUT2D eigenvalue weighted by atomic mass is 9.98. The van der Waals surface area contributed by atoms with Crippen LogP contribution in [-0.4, -0.2) is 72.4 Å². The molecule has 0 aromatic carbocycles. The van der Waals surface area contributed by atoms with Gasteiger partial charge in [-0.2, -0.15) is 0 Å². The third-order valence-electron chi connectivity index (χ3n) is 4.79. The number of hydrogen-bond acceptors (Lipinski definition) is 12. The van der Waals surface area contributed by atoms with E-state index in [1.165, 1.54) is 6.92 Å². The molecule has 0 aliphatic carbocycles. The molecule has 2 rings (SSSR count). The van der Waals surface area contributed by atoms with Gasteiger partial charge < -0.3 is 38.3 Å². The van der Waals surface area contributed by atoms with Crippen molar-refractivity contribution in [3.8, 4) is 0 Å². The van der Waals surface area contributed by atoms with Crippen molar-refractivity contribution in [2.45, 2.75) is 85.3 Å². The Morgan fingerprint density at radius 2 is 1.35 bits per heavy atom. The first kappa shape index (κ1) is 27.1. The van der Waals surface area contributed by atoms with E-state index in [4.69, 9.17) is 33.2 Å². The van der Waals surface area contributed by atoms with Crippen LogP contribution < -0.4 is 0 Å². The van der Waals surface area contributed by atoms with Gasteiger partial charge in [-0.25, -0.2) is 0 Å². The normalized spacial score (nSPS) is 28.5. The minimum atomic E-state index is -1.46. The molecule has 1 saturated heterocycles. The molecule has 12 heteroatoms. The van der Waals surface area contributed by atoms with Crippen molar-refractivity contribution in [2.24, 2.45) is 0 Å². The van der Waals surface area contributed by atoms with Crippen LogP contribution in [-0.2, 0) is 52.3 Å². The Morgan fingerprint density at radius 3 is 1.82 bits per heavy atom. The Kier molecular flexibility index (Phi) is 9.05. The molecule has 2 aliphatic heterocycles. The smallest absolute Gasteiger partial charge is 0.303 e. The fourth-order valence-corrected chi connectivity index (χ4v) is 3.51. The van der Waals surface area contributed by atoms with Crippen LogP contribution in [0.25, 0.3) is 0 Å². The van der Waals surface area contributed by atoms with Crippen LogP contribution in [0.4, 0.5) is 0 Å². The van der Waals surface area contributed by atoms with E-state index in [0.717, 1.165) is 20.8 Å². The monoisotopic (exact) mass is 486 g/mol. The molecular formula is C22H30O12. The van der Waals surface area contributed by atoms with Crippen molar-refractivity contribution < 1.29 is 57.4 Å². The molecule has 0 amide bonds. The topological polar surface area (TPSA) is 153 Å². The molecule has 0 bridgehead atoms. The zero-order valence-electron chi connectivity index (χ0n) is 20.1. The van der Waals surface area contributed by atoms with Crippen LogP contribution in [0.5, 0.6) is 0 Å². The molecule has 0 saturated carbocycles. The third kappa shape index (κ3) is 6.70. The number of aliphatic hydroxyl groups is 1. The molecule has 0 aromatic heterocycles. The molecule has 2 aliphatic rings. The fourth-order valence-electron chi connectivity index (χ4n) is 3.51. The molecule has 0 radical (unpaired) electrons. The van der Waals surface area contributed by atoms with Crippen molar-refractivity contribution in [2.75, 3.05) is 6.61 Å². The number of carbonyl (C=O) groups excluding carboxylic acids is 4. The van der Waals surface area contributed by atoms with E-state index in [9.17, 15) is 24.3 Å². The summed E-state index contributed by atoms with van der Waals surface area (Å²) < 4.78 is 38.3. The average molecular weight is 486 g/mol. The van der Waals surface area contributed by atoms with Gasteiger partial charge in [0.15, 0.2) is 24.1 Å². The SMILES string of the molecule is CC(=O)OC[C@H]1O[C@@H](OC2=C(C)OC(=C(C)C)C2O)[C@H](OC(C)=O)[C@@H](OC(C)=O)[C@@H]1OC(C)=O. The van der Waals surface area contributed by atoms with Crippen LogP contribution >= 0.6 is 0 Å². The van der Waals surface area contributed by atoms with Gasteiger partial charge >= 0.3 is 23.9 Å². The number of carbonyl (C=O) groups is 4. The Morgan fingerprint density at radius 1 is 0.824 bits per heavy atom. The number of esters is 4. The number of aliphatic hydroxyl groups excluding tert-OH is 1.